The van der Waals surface area contributed by atoms with E-state index < -0.39 is 5.56 Å². The van der Waals surface area contributed by atoms with Gasteiger partial charge in [0.2, 0.25) is 0 Å². The first-order valence-electron chi connectivity index (χ1n) is 3.99. The number of aromatic nitrogens is 1. The zero-order chi connectivity index (χ0) is 10.1. The normalized spacial score (nSPS) is 14.6. The molecule has 0 spiro atoms. The topological polar surface area (TPSA) is 73.7 Å². The number of nitriles is 1. The fourth-order valence-electron chi connectivity index (χ4n) is 1.34. The first kappa shape index (κ1) is 9.03. The summed E-state index contributed by atoms with van der Waals surface area (Å²) in [4.78, 5) is 25.2. The molecule has 14 heavy (non-hydrogen) atoms. The van der Waals surface area contributed by atoms with E-state index in [0.717, 1.165) is 0 Å². The Morgan fingerprint density at radius 3 is 2.93 bits per heavy atom. The number of H-pyrrole nitrogens is 1. The van der Waals surface area contributed by atoms with Crippen LogP contribution in [0.25, 0.3) is 0 Å². The van der Waals surface area contributed by atoms with Crippen molar-refractivity contribution in [3.63, 3.8) is 0 Å². The molecular weight excluding hydrogens is 200 g/mol. The number of Topliss-reactive ketones (excluding diaryl/α,β-unsaturated/α-hetero) is 1. The minimum absolute atomic E-state index is 0.00370. The maximum atomic E-state index is 11.4. The van der Waals surface area contributed by atoms with Gasteiger partial charge in [-0.15, -0.1) is 11.8 Å². The lowest BCUT2D eigenvalue weighted by Crippen LogP contribution is -2.21. The van der Waals surface area contributed by atoms with E-state index in [4.69, 9.17) is 5.26 Å². The fourth-order valence-corrected chi connectivity index (χ4v) is 2.21. The van der Waals surface area contributed by atoms with Crippen molar-refractivity contribution in [1.29, 1.82) is 5.26 Å². The van der Waals surface area contributed by atoms with Crippen molar-refractivity contribution in [2.45, 2.75) is 5.75 Å². The minimum atomic E-state index is -0.415. The van der Waals surface area contributed by atoms with Crippen molar-refractivity contribution < 1.29 is 4.79 Å². The molecular formula is C9H6N2O2S. The second-order valence-corrected chi connectivity index (χ2v) is 3.92. The summed E-state index contributed by atoms with van der Waals surface area (Å²) in [5, 5.41) is 8.62. The Kier molecular flexibility index (Phi) is 2.14. The summed E-state index contributed by atoms with van der Waals surface area (Å²) in [6.07, 6.45) is 0. The van der Waals surface area contributed by atoms with Crippen LogP contribution in [0.4, 0.5) is 0 Å². The van der Waals surface area contributed by atoms with Gasteiger partial charge < -0.3 is 4.98 Å². The highest BCUT2D eigenvalue weighted by atomic mass is 32.2. The molecule has 2 heterocycles. The second-order valence-electron chi connectivity index (χ2n) is 2.93. The van der Waals surface area contributed by atoms with E-state index in [1.807, 2.05) is 0 Å². The summed E-state index contributed by atoms with van der Waals surface area (Å²) in [5.74, 6) is 1.02. The number of fused-ring (bicyclic) bond motifs is 1. The number of carbonyl (C=O) groups excluding carboxylic acids is 1. The second kappa shape index (κ2) is 3.31. The van der Waals surface area contributed by atoms with E-state index in [-0.39, 0.29) is 11.3 Å². The molecule has 0 aliphatic carbocycles. The van der Waals surface area contributed by atoms with Gasteiger partial charge in [0.05, 0.1) is 5.75 Å². The number of hydrogen-bond donors (Lipinski definition) is 1. The van der Waals surface area contributed by atoms with Gasteiger partial charge >= 0.3 is 0 Å². The SMILES string of the molecule is N#Cc1cc2c([nH]c1=O)CSCC2=O. The predicted octanol–water partition coefficient (Wildman–Crippen LogP) is 0.676. The van der Waals surface area contributed by atoms with Crippen LogP contribution in [-0.4, -0.2) is 16.5 Å². The van der Waals surface area contributed by atoms with Crippen molar-refractivity contribution in [3.05, 3.63) is 33.2 Å². The largest absolute Gasteiger partial charge is 0.324 e. The number of rotatable bonds is 0. The summed E-state index contributed by atoms with van der Waals surface area (Å²) in [6.45, 7) is 0. The molecule has 0 amide bonds. The molecule has 1 aliphatic rings. The summed E-state index contributed by atoms with van der Waals surface area (Å²) in [5.41, 5.74) is 0.709. The summed E-state index contributed by atoms with van der Waals surface area (Å²) in [6, 6.07) is 3.15. The van der Waals surface area contributed by atoms with E-state index in [1.54, 1.807) is 6.07 Å². The third kappa shape index (κ3) is 1.34. The van der Waals surface area contributed by atoms with Crippen LogP contribution in [-0.2, 0) is 5.75 Å². The van der Waals surface area contributed by atoms with E-state index in [1.165, 1.54) is 17.8 Å². The van der Waals surface area contributed by atoms with Crippen LogP contribution in [0, 0.1) is 11.3 Å². The molecule has 0 atom stereocenters. The molecule has 0 radical (unpaired) electrons. The lowest BCUT2D eigenvalue weighted by atomic mass is 10.1. The van der Waals surface area contributed by atoms with Crippen LogP contribution in [0.2, 0.25) is 0 Å². The van der Waals surface area contributed by atoms with E-state index in [2.05, 4.69) is 4.98 Å². The maximum Gasteiger partial charge on any atom is 0.266 e. The Morgan fingerprint density at radius 2 is 2.21 bits per heavy atom. The Balaban J connectivity index is 2.68. The molecule has 1 aliphatic heterocycles. The molecule has 1 N–H and O–H groups in total. The third-order valence-corrected chi connectivity index (χ3v) is 2.98. The lowest BCUT2D eigenvalue weighted by molar-refractivity contribution is 0.102. The van der Waals surface area contributed by atoms with Crippen molar-refractivity contribution in [1.82, 2.24) is 4.98 Å². The lowest BCUT2D eigenvalue weighted by Gasteiger charge is -2.13. The minimum Gasteiger partial charge on any atom is -0.324 e. The summed E-state index contributed by atoms with van der Waals surface area (Å²) in [7, 11) is 0. The average Bonchev–Trinajstić information content (AvgIpc) is 2.17. The van der Waals surface area contributed by atoms with Gasteiger partial charge in [-0.1, -0.05) is 0 Å². The van der Waals surface area contributed by atoms with Gasteiger partial charge in [-0.3, -0.25) is 9.59 Å². The number of nitrogens with one attached hydrogen (secondary N) is 1. The Hall–Kier alpha value is -1.54. The number of pyridine rings is 1. The van der Waals surface area contributed by atoms with Gasteiger partial charge in [-0.05, 0) is 6.07 Å². The monoisotopic (exact) mass is 206 g/mol. The number of carbonyl (C=O) groups is 1. The van der Waals surface area contributed by atoms with Gasteiger partial charge in [0.15, 0.2) is 5.78 Å². The van der Waals surface area contributed by atoms with Gasteiger partial charge in [0.25, 0.3) is 5.56 Å². The molecule has 0 fully saturated rings. The van der Waals surface area contributed by atoms with Crippen LogP contribution < -0.4 is 5.56 Å². The van der Waals surface area contributed by atoms with E-state index in [0.29, 0.717) is 22.8 Å². The molecule has 70 valence electrons. The first-order valence-corrected chi connectivity index (χ1v) is 5.15. The number of thioether (sulfide) groups is 1. The molecule has 0 aromatic carbocycles. The van der Waals surface area contributed by atoms with Crippen molar-refractivity contribution in [3.8, 4) is 6.07 Å². The zero-order valence-corrected chi connectivity index (χ0v) is 7.98. The van der Waals surface area contributed by atoms with Crippen LogP contribution in [0.3, 0.4) is 0 Å². The van der Waals surface area contributed by atoms with Crippen molar-refractivity contribution >= 4 is 17.5 Å². The first-order chi connectivity index (χ1) is 6.72. The summed E-state index contributed by atoms with van der Waals surface area (Å²) < 4.78 is 0. The average molecular weight is 206 g/mol. The van der Waals surface area contributed by atoms with Crippen molar-refractivity contribution in [2.24, 2.45) is 0 Å². The smallest absolute Gasteiger partial charge is 0.266 e. The highest BCUT2D eigenvalue weighted by molar-refractivity contribution is 7.99. The Morgan fingerprint density at radius 1 is 1.43 bits per heavy atom. The van der Waals surface area contributed by atoms with E-state index >= 15 is 0 Å². The molecule has 0 saturated carbocycles. The zero-order valence-electron chi connectivity index (χ0n) is 7.16. The van der Waals surface area contributed by atoms with E-state index in [9.17, 15) is 9.59 Å². The Labute approximate surface area is 83.9 Å². The molecule has 0 saturated heterocycles. The molecule has 4 nitrogen and oxygen atoms in total. The number of ketones is 1. The van der Waals surface area contributed by atoms with Gasteiger partial charge in [-0.2, -0.15) is 5.26 Å². The highest BCUT2D eigenvalue weighted by Gasteiger charge is 2.19. The molecule has 0 unspecified atom stereocenters. The maximum absolute atomic E-state index is 11.4. The van der Waals surface area contributed by atoms with Gasteiger partial charge in [0, 0.05) is 17.0 Å². The molecule has 0 bridgehead atoms. The van der Waals surface area contributed by atoms with Crippen LogP contribution >= 0.6 is 11.8 Å². The fraction of sp³-hybridized carbons (Fsp3) is 0.222. The number of aromatic amines is 1. The number of nitrogens with zero attached hydrogens (tertiary/aromatic N) is 1. The standard InChI is InChI=1S/C9H6N2O2S/c10-2-5-1-6-7(11-9(5)13)3-14-4-8(6)12/h1H,3-4H2,(H,11,13). The Bertz CT molecular complexity index is 499. The molecule has 1 aromatic rings. The summed E-state index contributed by atoms with van der Waals surface area (Å²) >= 11 is 1.47. The van der Waals surface area contributed by atoms with Crippen LogP contribution in [0.5, 0.6) is 0 Å². The van der Waals surface area contributed by atoms with Crippen LogP contribution in [0.1, 0.15) is 21.6 Å². The van der Waals surface area contributed by atoms with Crippen LogP contribution in [0.15, 0.2) is 10.9 Å². The molecule has 5 heteroatoms. The molecule has 1 aromatic heterocycles. The quantitative estimate of drug-likeness (QED) is 0.677. The highest BCUT2D eigenvalue weighted by Crippen LogP contribution is 2.21. The number of hydrogen-bond acceptors (Lipinski definition) is 4. The van der Waals surface area contributed by atoms with Crippen molar-refractivity contribution in [2.75, 3.05) is 5.75 Å². The van der Waals surface area contributed by atoms with Gasteiger partial charge in [-0.25, -0.2) is 0 Å². The molecule has 2 rings (SSSR count). The van der Waals surface area contributed by atoms with Gasteiger partial charge in [0.1, 0.15) is 11.6 Å². The predicted molar refractivity (Wildman–Crippen MR) is 52.3 cm³/mol. The third-order valence-electron chi connectivity index (χ3n) is 2.02.